The highest BCUT2D eigenvalue weighted by molar-refractivity contribution is 7.96. The Morgan fingerprint density at radius 1 is 0.788 bits per heavy atom. The number of non-ortho nitro benzene ring substituents is 1. The van der Waals surface area contributed by atoms with E-state index in [0.717, 1.165) is 22.0 Å². The van der Waals surface area contributed by atoms with Crippen molar-refractivity contribution in [3.63, 3.8) is 0 Å². The zero-order valence-corrected chi connectivity index (χ0v) is 18.4. The van der Waals surface area contributed by atoms with Gasteiger partial charge < -0.3 is 5.73 Å². The van der Waals surface area contributed by atoms with Crippen molar-refractivity contribution in [1.82, 2.24) is 0 Å². The Bertz CT molecular complexity index is 1190. The minimum absolute atomic E-state index is 0.0398. The summed E-state index contributed by atoms with van der Waals surface area (Å²) in [6.07, 6.45) is 0. The number of amides is 1. The molecule has 1 atom stereocenters. The van der Waals surface area contributed by atoms with E-state index in [9.17, 15) is 14.9 Å². The molecule has 0 spiro atoms. The number of hydrogen-bond donors (Lipinski definition) is 1. The van der Waals surface area contributed by atoms with Crippen LogP contribution < -0.4 is 21.6 Å². The average Bonchev–Trinajstić information content (AvgIpc) is 2.84. The number of carbonyl (C=O) groups is 1. The predicted molar refractivity (Wildman–Crippen MR) is 130 cm³/mol. The van der Waals surface area contributed by atoms with Gasteiger partial charge in [-0.2, -0.15) is 0 Å². The maximum absolute atomic E-state index is 15.4. The average molecular weight is 459 g/mol. The summed E-state index contributed by atoms with van der Waals surface area (Å²) >= 11 is 0. The number of nitro groups is 1. The van der Waals surface area contributed by atoms with Gasteiger partial charge in [0.2, 0.25) is 0 Å². The molecule has 4 aromatic rings. The van der Waals surface area contributed by atoms with Crippen LogP contribution in [0.2, 0.25) is 0 Å². The first-order chi connectivity index (χ1) is 16.0. The maximum Gasteiger partial charge on any atom is 0.272 e. The number of rotatable bonds is 7. The molecule has 33 heavy (non-hydrogen) atoms. The second kappa shape index (κ2) is 9.31. The van der Waals surface area contributed by atoms with Crippen molar-refractivity contribution in [1.29, 1.82) is 0 Å². The number of nitro benzene ring substituents is 1. The second-order valence-corrected chi connectivity index (χ2v) is 11.0. The molecule has 0 saturated heterocycles. The summed E-state index contributed by atoms with van der Waals surface area (Å²) in [5, 5.41) is 13.7. The Morgan fingerprint density at radius 2 is 1.21 bits per heavy atom. The molecule has 0 bridgehead atoms. The third kappa shape index (κ3) is 4.01. The summed E-state index contributed by atoms with van der Waals surface area (Å²) in [6.45, 7) is 0. The van der Waals surface area contributed by atoms with Crippen molar-refractivity contribution in [3.05, 3.63) is 131 Å². The standard InChI is InChI=1S/C26H20FN2O3P/c27-24-18-19(29(31)32)16-17-23(24)25(26(28)30)33(20-10-4-1-5-11-20,21-12-6-2-7-13-21)22-14-8-3-9-15-22/h1-18,25H,(H-,28,30)/p+1. The molecule has 1 unspecified atom stereocenters. The number of nitrogens with zero attached hydrogens (tertiary/aromatic N) is 1. The third-order valence-electron chi connectivity index (χ3n) is 5.64. The maximum atomic E-state index is 15.4. The first-order valence-electron chi connectivity index (χ1n) is 10.2. The van der Waals surface area contributed by atoms with Crippen LogP contribution in [0.1, 0.15) is 11.2 Å². The molecule has 1 amide bonds. The molecule has 164 valence electrons. The van der Waals surface area contributed by atoms with E-state index >= 15 is 4.39 Å². The summed E-state index contributed by atoms with van der Waals surface area (Å²) < 4.78 is 15.4. The van der Waals surface area contributed by atoms with Crippen LogP contribution >= 0.6 is 7.26 Å². The third-order valence-corrected chi connectivity index (χ3v) is 10.3. The quantitative estimate of drug-likeness (QED) is 0.255. The highest BCUT2D eigenvalue weighted by atomic mass is 31.2. The Hall–Kier alpha value is -3.89. The van der Waals surface area contributed by atoms with Gasteiger partial charge in [0.15, 0.2) is 5.66 Å². The lowest BCUT2D eigenvalue weighted by Gasteiger charge is -2.33. The fourth-order valence-corrected chi connectivity index (χ4v) is 9.01. The van der Waals surface area contributed by atoms with Gasteiger partial charge in [0, 0.05) is 11.6 Å². The molecular weight excluding hydrogens is 438 g/mol. The topological polar surface area (TPSA) is 86.2 Å². The Morgan fingerprint density at radius 3 is 1.55 bits per heavy atom. The van der Waals surface area contributed by atoms with E-state index in [0.29, 0.717) is 0 Å². The van der Waals surface area contributed by atoms with Crippen LogP contribution in [0.25, 0.3) is 0 Å². The Balaban J connectivity index is 2.13. The molecule has 0 aliphatic rings. The molecule has 0 fully saturated rings. The van der Waals surface area contributed by atoms with Crippen LogP contribution in [0.15, 0.2) is 109 Å². The predicted octanol–water partition coefficient (Wildman–Crippen LogP) is 4.25. The normalized spacial score (nSPS) is 12.2. The van der Waals surface area contributed by atoms with Gasteiger partial charge in [-0.1, -0.05) is 54.6 Å². The molecule has 0 radical (unpaired) electrons. The van der Waals surface area contributed by atoms with Gasteiger partial charge >= 0.3 is 0 Å². The highest BCUT2D eigenvalue weighted by Gasteiger charge is 2.56. The second-order valence-electron chi connectivity index (χ2n) is 7.50. The Labute approximate surface area is 191 Å². The smallest absolute Gasteiger partial charge is 0.272 e. The summed E-state index contributed by atoms with van der Waals surface area (Å²) in [5.41, 5.74) is 4.60. The van der Waals surface area contributed by atoms with Gasteiger partial charge in [-0.05, 0) is 42.5 Å². The van der Waals surface area contributed by atoms with Crippen molar-refractivity contribution in [3.8, 4) is 0 Å². The molecule has 0 aromatic heterocycles. The molecule has 4 rings (SSSR count). The van der Waals surface area contributed by atoms with Gasteiger partial charge in [0.1, 0.15) is 29.0 Å². The van der Waals surface area contributed by atoms with E-state index in [1.165, 1.54) is 12.1 Å². The van der Waals surface area contributed by atoms with Crippen molar-refractivity contribution in [2.24, 2.45) is 5.73 Å². The van der Waals surface area contributed by atoms with Gasteiger partial charge in [0.05, 0.1) is 11.0 Å². The minimum atomic E-state index is -2.89. The summed E-state index contributed by atoms with van der Waals surface area (Å²) in [6, 6.07) is 31.8. The largest absolute Gasteiger partial charge is 0.366 e. The SMILES string of the molecule is NC(=O)C(c1ccc([N+](=O)[O-])cc1F)[P+](c1ccccc1)(c1ccccc1)c1ccccc1. The lowest BCUT2D eigenvalue weighted by molar-refractivity contribution is -0.385. The van der Waals surface area contributed by atoms with E-state index in [4.69, 9.17) is 5.73 Å². The first-order valence-corrected chi connectivity index (χ1v) is 12.1. The van der Waals surface area contributed by atoms with Gasteiger partial charge in [0.25, 0.3) is 11.6 Å². The molecular formula is C26H21FN2O3P+. The van der Waals surface area contributed by atoms with E-state index in [1.54, 1.807) is 0 Å². The summed E-state index contributed by atoms with van der Waals surface area (Å²) in [5.74, 6) is -1.53. The van der Waals surface area contributed by atoms with E-state index < -0.39 is 29.6 Å². The lowest BCUT2D eigenvalue weighted by Crippen LogP contribution is -2.40. The molecule has 0 saturated carbocycles. The summed E-state index contributed by atoms with van der Waals surface area (Å²) in [4.78, 5) is 23.7. The number of hydrogen-bond acceptors (Lipinski definition) is 3. The number of nitrogens with two attached hydrogens (primary N) is 1. The van der Waals surface area contributed by atoms with E-state index in [-0.39, 0.29) is 11.3 Å². The number of halogens is 1. The van der Waals surface area contributed by atoms with E-state index in [1.807, 2.05) is 91.0 Å². The molecule has 0 aliphatic carbocycles. The molecule has 4 aromatic carbocycles. The fraction of sp³-hybridized carbons (Fsp3) is 0.0385. The van der Waals surface area contributed by atoms with Crippen molar-refractivity contribution >= 4 is 34.8 Å². The van der Waals surface area contributed by atoms with Crippen LogP contribution in [0.4, 0.5) is 10.1 Å². The van der Waals surface area contributed by atoms with E-state index in [2.05, 4.69) is 0 Å². The van der Waals surface area contributed by atoms with Crippen molar-refractivity contribution in [2.45, 2.75) is 5.66 Å². The zero-order chi connectivity index (χ0) is 23.4. The first kappa shape index (κ1) is 22.3. The van der Waals surface area contributed by atoms with Crippen LogP contribution in [0.5, 0.6) is 0 Å². The minimum Gasteiger partial charge on any atom is -0.366 e. The van der Waals surface area contributed by atoms with Crippen LogP contribution in [0, 0.1) is 15.9 Å². The van der Waals surface area contributed by atoms with Gasteiger partial charge in [-0.15, -0.1) is 0 Å². The number of primary amides is 1. The lowest BCUT2D eigenvalue weighted by atomic mass is 10.1. The monoisotopic (exact) mass is 459 g/mol. The molecule has 7 heteroatoms. The molecule has 0 heterocycles. The highest BCUT2D eigenvalue weighted by Crippen LogP contribution is 2.66. The fourth-order valence-electron chi connectivity index (χ4n) is 4.29. The zero-order valence-electron chi connectivity index (χ0n) is 17.5. The van der Waals surface area contributed by atoms with Gasteiger partial charge in [-0.25, -0.2) is 4.39 Å². The molecule has 0 aliphatic heterocycles. The van der Waals surface area contributed by atoms with Crippen LogP contribution in [-0.4, -0.2) is 10.8 Å². The van der Waals surface area contributed by atoms with Gasteiger partial charge in [-0.3, -0.25) is 14.9 Å². The van der Waals surface area contributed by atoms with Crippen LogP contribution in [-0.2, 0) is 4.79 Å². The van der Waals surface area contributed by atoms with Crippen LogP contribution in [0.3, 0.4) is 0 Å². The molecule has 5 nitrogen and oxygen atoms in total. The number of benzene rings is 4. The Kier molecular flexibility index (Phi) is 6.29. The molecule has 2 N–H and O–H groups in total. The van der Waals surface area contributed by atoms with Crippen molar-refractivity contribution in [2.75, 3.05) is 0 Å². The number of carbonyl (C=O) groups excluding carboxylic acids is 1. The van der Waals surface area contributed by atoms with Crippen molar-refractivity contribution < 1.29 is 14.1 Å². The summed E-state index contributed by atoms with van der Waals surface area (Å²) in [7, 11) is -2.89.